The van der Waals surface area contributed by atoms with Gasteiger partial charge in [0, 0.05) is 6.54 Å². The van der Waals surface area contributed by atoms with E-state index < -0.39 is 11.9 Å². The molecule has 6 nitrogen and oxygen atoms in total. The summed E-state index contributed by atoms with van der Waals surface area (Å²) < 4.78 is 4.97. The van der Waals surface area contributed by atoms with Crippen LogP contribution in [0.25, 0.3) is 0 Å². The van der Waals surface area contributed by atoms with E-state index >= 15 is 0 Å². The molecule has 0 unspecified atom stereocenters. The highest BCUT2D eigenvalue weighted by Gasteiger charge is 2.28. The van der Waals surface area contributed by atoms with Crippen molar-refractivity contribution in [3.8, 4) is 0 Å². The summed E-state index contributed by atoms with van der Waals surface area (Å²) in [6.45, 7) is 6.20. The van der Waals surface area contributed by atoms with Crippen molar-refractivity contribution < 1.29 is 14.3 Å². The maximum atomic E-state index is 12.4. The maximum Gasteiger partial charge on any atom is 0.330 e. The summed E-state index contributed by atoms with van der Waals surface area (Å²) in [5, 5.41) is 1.89. The number of nitrogens with zero attached hydrogens (tertiary/aromatic N) is 2. The summed E-state index contributed by atoms with van der Waals surface area (Å²) in [4.78, 5) is 29.0. The maximum absolute atomic E-state index is 12.4. The van der Waals surface area contributed by atoms with E-state index in [2.05, 4.69) is 4.99 Å². The first kappa shape index (κ1) is 16.2. The fraction of sp³-hybridized carbons (Fsp3) is 0.462. The molecule has 0 saturated carbocycles. The van der Waals surface area contributed by atoms with E-state index in [0.717, 1.165) is 10.5 Å². The van der Waals surface area contributed by atoms with Gasteiger partial charge in [0.2, 0.25) is 0 Å². The zero-order valence-electron chi connectivity index (χ0n) is 12.0. The number of nitrogens with two attached hydrogens (primary N) is 1. The standard InChI is InChI=1S/C13H19N3O3S/c1-5-15-13(19-4)16(12(14)18)11(17)10-6-9(7-20-10)8(2)3/h6-8H,5H2,1-4H3,(H2,14,18). The van der Waals surface area contributed by atoms with Gasteiger partial charge in [-0.2, -0.15) is 4.90 Å². The Kier molecular flexibility index (Phi) is 5.69. The largest absolute Gasteiger partial charge is 0.468 e. The fourth-order valence-electron chi connectivity index (χ4n) is 1.52. The zero-order valence-corrected chi connectivity index (χ0v) is 12.9. The average molecular weight is 297 g/mol. The van der Waals surface area contributed by atoms with Crippen LogP contribution < -0.4 is 5.73 Å². The molecule has 0 spiro atoms. The lowest BCUT2D eigenvalue weighted by atomic mass is 10.1. The molecule has 0 atom stereocenters. The highest BCUT2D eigenvalue weighted by Crippen LogP contribution is 2.23. The van der Waals surface area contributed by atoms with Gasteiger partial charge in [-0.25, -0.2) is 9.79 Å². The number of carbonyl (C=O) groups excluding carboxylic acids is 2. The summed E-state index contributed by atoms with van der Waals surface area (Å²) in [7, 11) is 1.34. The molecule has 0 radical (unpaired) electrons. The van der Waals surface area contributed by atoms with Crippen LogP contribution in [0.2, 0.25) is 0 Å². The number of amidine groups is 1. The first-order valence-corrected chi connectivity index (χ1v) is 7.11. The van der Waals surface area contributed by atoms with Crippen LogP contribution in [0.1, 0.15) is 41.9 Å². The molecule has 0 aliphatic rings. The van der Waals surface area contributed by atoms with Crippen LogP contribution in [0.4, 0.5) is 4.79 Å². The van der Waals surface area contributed by atoms with Crippen LogP contribution in [0.15, 0.2) is 16.4 Å². The second kappa shape index (κ2) is 7.04. The number of rotatable bonds is 3. The first-order valence-electron chi connectivity index (χ1n) is 6.23. The Morgan fingerprint density at radius 3 is 2.55 bits per heavy atom. The molecule has 0 aliphatic heterocycles. The summed E-state index contributed by atoms with van der Waals surface area (Å²) in [5.41, 5.74) is 6.29. The number of carbonyl (C=O) groups is 2. The number of methoxy groups -OCH3 is 1. The molecule has 0 saturated heterocycles. The van der Waals surface area contributed by atoms with E-state index in [1.807, 2.05) is 19.2 Å². The quantitative estimate of drug-likeness (QED) is 0.686. The third kappa shape index (κ3) is 3.57. The van der Waals surface area contributed by atoms with Gasteiger partial charge in [0.25, 0.3) is 5.91 Å². The van der Waals surface area contributed by atoms with Crippen molar-refractivity contribution in [2.24, 2.45) is 10.7 Å². The van der Waals surface area contributed by atoms with Gasteiger partial charge in [-0.3, -0.25) is 4.79 Å². The van der Waals surface area contributed by atoms with Gasteiger partial charge in [-0.05, 0) is 29.9 Å². The summed E-state index contributed by atoms with van der Waals surface area (Å²) in [5.74, 6) is -0.218. The minimum absolute atomic E-state index is 0.0931. The molecule has 1 rings (SSSR count). The van der Waals surface area contributed by atoms with Gasteiger partial charge in [0.05, 0.1) is 12.0 Å². The van der Waals surface area contributed by atoms with Crippen molar-refractivity contribution in [1.82, 2.24) is 4.90 Å². The molecule has 1 aromatic rings. The monoisotopic (exact) mass is 297 g/mol. The highest BCUT2D eigenvalue weighted by molar-refractivity contribution is 7.12. The summed E-state index contributed by atoms with van der Waals surface area (Å²) >= 11 is 1.27. The van der Waals surface area contributed by atoms with Crippen molar-refractivity contribution in [3.63, 3.8) is 0 Å². The Morgan fingerprint density at radius 2 is 2.15 bits per heavy atom. The normalized spacial score (nSPS) is 11.6. The predicted molar refractivity (Wildman–Crippen MR) is 79.1 cm³/mol. The van der Waals surface area contributed by atoms with Crippen LogP contribution in [-0.2, 0) is 4.74 Å². The molecule has 0 bridgehead atoms. The smallest absolute Gasteiger partial charge is 0.330 e. The molecular formula is C13H19N3O3S. The van der Waals surface area contributed by atoms with Gasteiger partial charge >= 0.3 is 12.1 Å². The number of hydrogen-bond donors (Lipinski definition) is 1. The zero-order chi connectivity index (χ0) is 15.3. The lowest BCUT2D eigenvalue weighted by Gasteiger charge is -2.17. The second-order valence-electron chi connectivity index (χ2n) is 4.34. The molecule has 0 fully saturated rings. The Labute approximate surface area is 122 Å². The van der Waals surface area contributed by atoms with Gasteiger partial charge in [-0.15, -0.1) is 11.3 Å². The van der Waals surface area contributed by atoms with E-state index in [-0.39, 0.29) is 6.02 Å². The number of thiophene rings is 1. The Balaban J connectivity index is 3.11. The van der Waals surface area contributed by atoms with Crippen molar-refractivity contribution in [2.75, 3.05) is 13.7 Å². The molecular weight excluding hydrogens is 278 g/mol. The van der Waals surface area contributed by atoms with E-state index in [9.17, 15) is 9.59 Å². The Morgan fingerprint density at radius 1 is 1.50 bits per heavy atom. The average Bonchev–Trinajstić information content (AvgIpc) is 2.87. The molecule has 1 heterocycles. The van der Waals surface area contributed by atoms with Gasteiger partial charge in [0.1, 0.15) is 0 Å². The highest BCUT2D eigenvalue weighted by atomic mass is 32.1. The molecule has 2 N–H and O–H groups in total. The topological polar surface area (TPSA) is 85.0 Å². The Hall–Kier alpha value is -1.89. The molecule has 7 heteroatoms. The molecule has 3 amide bonds. The number of hydrogen-bond acceptors (Lipinski definition) is 5. The minimum atomic E-state index is -0.913. The third-order valence-electron chi connectivity index (χ3n) is 2.59. The van der Waals surface area contributed by atoms with E-state index in [1.54, 1.807) is 13.0 Å². The van der Waals surface area contributed by atoms with Crippen molar-refractivity contribution >= 4 is 29.3 Å². The summed E-state index contributed by atoms with van der Waals surface area (Å²) in [6, 6.07) is 0.750. The lowest BCUT2D eigenvalue weighted by Crippen LogP contribution is -2.45. The van der Waals surface area contributed by atoms with Crippen LogP contribution in [0.3, 0.4) is 0 Å². The lowest BCUT2D eigenvalue weighted by molar-refractivity contribution is 0.0858. The molecule has 1 aromatic heterocycles. The van der Waals surface area contributed by atoms with Crippen molar-refractivity contribution in [1.29, 1.82) is 0 Å². The van der Waals surface area contributed by atoms with Crippen LogP contribution in [0, 0.1) is 0 Å². The van der Waals surface area contributed by atoms with Crippen molar-refractivity contribution in [3.05, 3.63) is 21.9 Å². The number of aliphatic imine (C=N–C) groups is 1. The number of urea groups is 1. The van der Waals surface area contributed by atoms with Crippen LogP contribution in [0.5, 0.6) is 0 Å². The van der Waals surface area contributed by atoms with Gasteiger partial charge in [-0.1, -0.05) is 13.8 Å². The van der Waals surface area contributed by atoms with E-state index in [0.29, 0.717) is 17.3 Å². The summed E-state index contributed by atoms with van der Waals surface area (Å²) in [6.07, 6.45) is 0. The second-order valence-corrected chi connectivity index (χ2v) is 5.25. The van der Waals surface area contributed by atoms with Crippen LogP contribution in [-0.4, -0.2) is 36.5 Å². The van der Waals surface area contributed by atoms with Crippen LogP contribution >= 0.6 is 11.3 Å². The number of ether oxygens (including phenoxy) is 1. The molecule has 20 heavy (non-hydrogen) atoms. The first-order chi connectivity index (χ1) is 9.42. The van der Waals surface area contributed by atoms with E-state index in [1.165, 1.54) is 18.4 Å². The number of imide groups is 1. The third-order valence-corrected chi connectivity index (χ3v) is 3.52. The van der Waals surface area contributed by atoms with E-state index in [4.69, 9.17) is 10.5 Å². The van der Waals surface area contributed by atoms with Crippen molar-refractivity contribution in [2.45, 2.75) is 26.7 Å². The SMILES string of the molecule is CCN=C(OC)N(C(N)=O)C(=O)c1cc(C(C)C)cs1. The fourth-order valence-corrected chi connectivity index (χ4v) is 2.52. The number of amides is 3. The van der Waals surface area contributed by atoms with Gasteiger partial charge in [0.15, 0.2) is 0 Å². The predicted octanol–water partition coefficient (Wildman–Crippen LogP) is 2.41. The Bertz CT molecular complexity index is 523. The minimum Gasteiger partial charge on any atom is -0.468 e. The molecule has 0 aromatic carbocycles. The van der Waals surface area contributed by atoms with Gasteiger partial charge < -0.3 is 10.5 Å². The molecule has 0 aliphatic carbocycles. The molecule has 110 valence electrons. The number of primary amides is 1.